The highest BCUT2D eigenvalue weighted by atomic mass is 35.5. The predicted octanol–water partition coefficient (Wildman–Crippen LogP) is 3.52. The lowest BCUT2D eigenvalue weighted by molar-refractivity contribution is -0.385. The van der Waals surface area contributed by atoms with Crippen molar-refractivity contribution in [3.63, 3.8) is 0 Å². The highest BCUT2D eigenvalue weighted by molar-refractivity contribution is 7.89. The van der Waals surface area contributed by atoms with Gasteiger partial charge in [0.2, 0.25) is 0 Å². The number of rotatable bonds is 5. The van der Waals surface area contributed by atoms with Crippen LogP contribution in [0.1, 0.15) is 11.1 Å². The molecule has 10 heteroatoms. The first-order valence-electron chi connectivity index (χ1n) is 6.46. The fourth-order valence-electron chi connectivity index (χ4n) is 1.79. The number of benzene rings is 2. The molecule has 0 saturated carbocycles. The second-order valence-electron chi connectivity index (χ2n) is 4.70. The average Bonchev–Trinajstić information content (AvgIpc) is 2.51. The van der Waals surface area contributed by atoms with Crippen LogP contribution in [-0.2, 0) is 10.0 Å². The van der Waals surface area contributed by atoms with Crippen LogP contribution in [-0.4, -0.2) is 19.6 Å². The van der Waals surface area contributed by atoms with E-state index in [0.717, 1.165) is 6.07 Å². The number of nitro benzene ring substituents is 1. The van der Waals surface area contributed by atoms with Crippen molar-refractivity contribution in [3.05, 3.63) is 67.7 Å². The number of nitrogens with one attached hydrogen (secondary N) is 1. The fraction of sp³-hybridized carbons (Fsp3) is 0.0714. The molecule has 0 amide bonds. The van der Waals surface area contributed by atoms with Crippen molar-refractivity contribution < 1.29 is 13.3 Å². The van der Waals surface area contributed by atoms with Crippen LogP contribution in [0.15, 0.2) is 46.4 Å². The van der Waals surface area contributed by atoms with Crippen LogP contribution in [0.5, 0.6) is 0 Å². The van der Waals surface area contributed by atoms with Crippen LogP contribution in [0, 0.1) is 17.0 Å². The molecule has 0 aromatic heterocycles. The van der Waals surface area contributed by atoms with Crippen LogP contribution < -0.4 is 4.83 Å². The molecule has 0 spiro atoms. The van der Waals surface area contributed by atoms with E-state index in [1.807, 2.05) is 4.83 Å². The summed E-state index contributed by atoms with van der Waals surface area (Å²) in [6.07, 6.45) is 1.19. The summed E-state index contributed by atoms with van der Waals surface area (Å²) in [6.45, 7) is 1.52. The highest BCUT2D eigenvalue weighted by Gasteiger charge is 2.19. The molecule has 0 heterocycles. The summed E-state index contributed by atoms with van der Waals surface area (Å²) < 4.78 is 24.3. The van der Waals surface area contributed by atoms with Crippen molar-refractivity contribution in [1.82, 2.24) is 4.83 Å². The van der Waals surface area contributed by atoms with E-state index < -0.39 is 14.9 Å². The molecular weight excluding hydrogens is 377 g/mol. The highest BCUT2D eigenvalue weighted by Crippen LogP contribution is 2.24. The molecule has 2 rings (SSSR count). The lowest BCUT2D eigenvalue weighted by Gasteiger charge is -2.05. The molecule has 1 N–H and O–H groups in total. The van der Waals surface area contributed by atoms with Gasteiger partial charge in [-0.1, -0.05) is 41.4 Å². The SMILES string of the molecule is Cc1ccc(S(=O)(=O)NN=Cc2cccc(Cl)c2Cl)cc1[N+](=O)[O-]. The van der Waals surface area contributed by atoms with Gasteiger partial charge in [-0.25, -0.2) is 4.83 Å². The summed E-state index contributed by atoms with van der Waals surface area (Å²) in [5, 5.41) is 15.0. The van der Waals surface area contributed by atoms with Crippen molar-refractivity contribution in [1.29, 1.82) is 0 Å². The van der Waals surface area contributed by atoms with Crippen LogP contribution in [0.25, 0.3) is 0 Å². The first-order chi connectivity index (χ1) is 11.2. The molecule has 0 saturated heterocycles. The number of hydrazone groups is 1. The van der Waals surface area contributed by atoms with E-state index in [1.54, 1.807) is 18.2 Å². The van der Waals surface area contributed by atoms with Gasteiger partial charge in [0.15, 0.2) is 0 Å². The molecule has 0 fully saturated rings. The average molecular weight is 388 g/mol. The number of aryl methyl sites for hydroxylation is 1. The summed E-state index contributed by atoms with van der Waals surface area (Å²) in [4.78, 5) is 12.0. The molecule has 0 radical (unpaired) electrons. The van der Waals surface area contributed by atoms with Crippen molar-refractivity contribution >= 4 is 45.1 Å². The number of sulfonamides is 1. The number of halogens is 2. The number of hydrogen-bond acceptors (Lipinski definition) is 5. The Morgan fingerprint density at radius 2 is 1.96 bits per heavy atom. The molecule has 2 aromatic carbocycles. The maximum Gasteiger partial charge on any atom is 0.276 e. The molecule has 0 atom stereocenters. The largest absolute Gasteiger partial charge is 0.276 e. The molecule has 0 aliphatic rings. The van der Waals surface area contributed by atoms with Crippen LogP contribution in [0.4, 0.5) is 5.69 Å². The number of hydrogen-bond donors (Lipinski definition) is 1. The maximum atomic E-state index is 12.2. The van der Waals surface area contributed by atoms with Gasteiger partial charge in [-0.2, -0.15) is 13.5 Å². The lowest BCUT2D eigenvalue weighted by Crippen LogP contribution is -2.18. The molecule has 24 heavy (non-hydrogen) atoms. The topological polar surface area (TPSA) is 102 Å². The molecule has 2 aromatic rings. The minimum absolute atomic E-state index is 0.230. The summed E-state index contributed by atoms with van der Waals surface area (Å²) in [7, 11) is -4.05. The molecule has 0 aliphatic carbocycles. The molecule has 7 nitrogen and oxygen atoms in total. The lowest BCUT2D eigenvalue weighted by atomic mass is 10.2. The molecule has 0 unspecified atom stereocenters. The van der Waals surface area contributed by atoms with Crippen LogP contribution >= 0.6 is 23.2 Å². The van der Waals surface area contributed by atoms with Gasteiger partial charge in [0.25, 0.3) is 15.7 Å². The zero-order valence-corrected chi connectivity index (χ0v) is 14.6. The molecule has 126 valence electrons. The van der Waals surface area contributed by atoms with Gasteiger partial charge in [-0.3, -0.25) is 10.1 Å². The smallest absolute Gasteiger partial charge is 0.258 e. The van der Waals surface area contributed by atoms with E-state index in [-0.39, 0.29) is 15.6 Å². The van der Waals surface area contributed by atoms with Crippen molar-refractivity contribution in [2.45, 2.75) is 11.8 Å². The zero-order valence-electron chi connectivity index (χ0n) is 12.2. The minimum atomic E-state index is -4.05. The normalized spacial score (nSPS) is 11.6. The summed E-state index contributed by atoms with van der Waals surface area (Å²) >= 11 is 11.8. The van der Waals surface area contributed by atoms with Gasteiger partial charge in [0.1, 0.15) is 0 Å². The third-order valence-corrected chi connectivity index (χ3v) is 5.10. The van der Waals surface area contributed by atoms with E-state index in [0.29, 0.717) is 16.1 Å². The Morgan fingerprint density at radius 1 is 1.25 bits per heavy atom. The van der Waals surface area contributed by atoms with E-state index in [9.17, 15) is 18.5 Å². The van der Waals surface area contributed by atoms with E-state index in [2.05, 4.69) is 5.10 Å². The van der Waals surface area contributed by atoms with Gasteiger partial charge in [0, 0.05) is 17.2 Å². The third kappa shape index (κ3) is 4.02. The summed E-state index contributed by atoms with van der Waals surface area (Å²) in [5.74, 6) is 0. The van der Waals surface area contributed by atoms with E-state index in [1.165, 1.54) is 25.3 Å². The van der Waals surface area contributed by atoms with Gasteiger partial charge < -0.3 is 0 Å². The predicted molar refractivity (Wildman–Crippen MR) is 92.2 cm³/mol. The van der Waals surface area contributed by atoms with Crippen molar-refractivity contribution in [3.8, 4) is 0 Å². The molecule has 0 aliphatic heterocycles. The standard InChI is InChI=1S/C14H11Cl2N3O4S/c1-9-5-6-11(7-13(9)19(20)21)24(22,23)18-17-8-10-3-2-4-12(15)14(10)16/h2-8,18H,1H3. The number of nitrogens with zero attached hydrogens (tertiary/aromatic N) is 2. The zero-order chi connectivity index (χ0) is 17.9. The van der Waals surface area contributed by atoms with Gasteiger partial charge in [-0.15, -0.1) is 0 Å². The third-order valence-electron chi connectivity index (χ3n) is 3.05. The summed E-state index contributed by atoms with van der Waals surface area (Å²) in [5.41, 5.74) is 0.481. The Balaban J connectivity index is 2.26. The van der Waals surface area contributed by atoms with E-state index >= 15 is 0 Å². The summed E-state index contributed by atoms with van der Waals surface area (Å²) in [6, 6.07) is 8.39. The number of nitro groups is 1. The Labute approximate surface area is 148 Å². The van der Waals surface area contributed by atoms with Crippen LogP contribution in [0.3, 0.4) is 0 Å². The van der Waals surface area contributed by atoms with Crippen LogP contribution in [0.2, 0.25) is 10.0 Å². The fourth-order valence-corrected chi connectivity index (χ4v) is 2.96. The van der Waals surface area contributed by atoms with Gasteiger partial charge >= 0.3 is 0 Å². The van der Waals surface area contributed by atoms with Gasteiger partial charge in [0.05, 0.1) is 26.1 Å². The Morgan fingerprint density at radius 3 is 2.62 bits per heavy atom. The first-order valence-corrected chi connectivity index (χ1v) is 8.70. The Kier molecular flexibility index (Phi) is 5.43. The van der Waals surface area contributed by atoms with Crippen molar-refractivity contribution in [2.75, 3.05) is 0 Å². The molecular formula is C14H11Cl2N3O4S. The van der Waals surface area contributed by atoms with E-state index in [4.69, 9.17) is 23.2 Å². The van der Waals surface area contributed by atoms with Crippen molar-refractivity contribution in [2.24, 2.45) is 5.10 Å². The minimum Gasteiger partial charge on any atom is -0.258 e. The monoisotopic (exact) mass is 387 g/mol. The maximum absolute atomic E-state index is 12.2. The second kappa shape index (κ2) is 7.16. The second-order valence-corrected chi connectivity index (χ2v) is 7.15. The van der Waals surface area contributed by atoms with Gasteiger partial charge in [-0.05, 0) is 19.1 Å². The first kappa shape index (κ1) is 18.2. The quantitative estimate of drug-likeness (QED) is 0.481. The molecule has 0 bridgehead atoms. The Bertz CT molecular complexity index is 930. The Hall–Kier alpha value is -2.16.